The van der Waals surface area contributed by atoms with E-state index >= 15 is 0 Å². The van der Waals surface area contributed by atoms with Crippen molar-refractivity contribution >= 4 is 5.78 Å². The van der Waals surface area contributed by atoms with Crippen LogP contribution in [0.15, 0.2) is 0 Å². The Balaban J connectivity index is 2.48. The van der Waals surface area contributed by atoms with Crippen LogP contribution in [0.4, 0.5) is 0 Å². The molecule has 1 aliphatic rings. The first-order valence-corrected chi connectivity index (χ1v) is 11.8. The monoisotopic (exact) mass is 350 g/mol. The lowest BCUT2D eigenvalue weighted by Crippen LogP contribution is -2.24. The van der Waals surface area contributed by atoms with Crippen molar-refractivity contribution in [2.75, 3.05) is 0 Å². The highest BCUT2D eigenvalue weighted by molar-refractivity contribution is 5.83. The van der Waals surface area contributed by atoms with Gasteiger partial charge >= 0.3 is 0 Å². The normalized spacial score (nSPS) is 19.8. The Labute approximate surface area is 158 Å². The summed E-state index contributed by atoms with van der Waals surface area (Å²) in [4.78, 5) is 13.2. The smallest absolute Gasteiger partial charge is 0.139 e. The molecule has 0 aromatic carbocycles. The van der Waals surface area contributed by atoms with Crippen LogP contribution in [0.5, 0.6) is 0 Å². The third-order valence-electron chi connectivity index (χ3n) is 6.20. The molecule has 0 heterocycles. The predicted octanol–water partition coefficient (Wildman–Crippen LogP) is 8.25. The molecule has 0 amide bonds. The van der Waals surface area contributed by atoms with Crippen molar-refractivity contribution in [3.8, 4) is 0 Å². The average Bonchev–Trinajstić information content (AvgIpc) is 2.60. The number of Topliss-reactive ketones (excluding diaryl/α,β-unsaturated/α-hetero) is 1. The standard InChI is InChI=1S/C24H46O/c1-3-5-6-12-15-19-22(18-4-2)24(25)23-20-16-13-10-8-7-9-11-14-17-21-23/h22-23H,3-21H2,1-2H3. The number of ketones is 1. The van der Waals surface area contributed by atoms with Crippen molar-refractivity contribution in [3.63, 3.8) is 0 Å². The highest BCUT2D eigenvalue weighted by Crippen LogP contribution is 2.28. The first-order chi connectivity index (χ1) is 12.3. The maximum absolute atomic E-state index is 13.2. The molecule has 0 bridgehead atoms. The van der Waals surface area contributed by atoms with E-state index < -0.39 is 0 Å². The van der Waals surface area contributed by atoms with E-state index in [9.17, 15) is 4.79 Å². The maximum Gasteiger partial charge on any atom is 0.139 e. The van der Waals surface area contributed by atoms with Crippen LogP contribution in [0.1, 0.15) is 136 Å². The Morgan fingerprint density at radius 3 is 1.72 bits per heavy atom. The average molecular weight is 351 g/mol. The Morgan fingerprint density at radius 1 is 0.680 bits per heavy atom. The van der Waals surface area contributed by atoms with Crippen LogP contribution in [-0.4, -0.2) is 5.78 Å². The van der Waals surface area contributed by atoms with Crippen LogP contribution in [0.3, 0.4) is 0 Å². The number of hydrogen-bond acceptors (Lipinski definition) is 1. The third-order valence-corrected chi connectivity index (χ3v) is 6.20. The minimum Gasteiger partial charge on any atom is -0.299 e. The SMILES string of the molecule is CCCCCCCC(CCC)C(=O)C1CCCCCCCCCCC1. The molecule has 1 fully saturated rings. The summed E-state index contributed by atoms with van der Waals surface area (Å²) in [6, 6.07) is 0. The molecule has 1 unspecified atom stereocenters. The first-order valence-electron chi connectivity index (χ1n) is 11.8. The minimum atomic E-state index is 0.365. The highest BCUT2D eigenvalue weighted by atomic mass is 16.1. The van der Waals surface area contributed by atoms with Gasteiger partial charge in [0, 0.05) is 11.8 Å². The summed E-state index contributed by atoms with van der Waals surface area (Å²) in [6.07, 6.45) is 24.7. The molecule has 1 nitrogen and oxygen atoms in total. The quantitative estimate of drug-likeness (QED) is 0.362. The lowest BCUT2D eigenvalue weighted by Gasteiger charge is -2.23. The van der Waals surface area contributed by atoms with E-state index in [1.54, 1.807) is 0 Å². The molecule has 0 spiro atoms. The molecule has 0 aromatic rings. The van der Waals surface area contributed by atoms with Crippen LogP contribution in [0.2, 0.25) is 0 Å². The zero-order valence-corrected chi connectivity index (χ0v) is 17.5. The van der Waals surface area contributed by atoms with Crippen molar-refractivity contribution in [2.24, 2.45) is 11.8 Å². The van der Waals surface area contributed by atoms with E-state index in [1.165, 1.54) is 103 Å². The Kier molecular flexibility index (Phi) is 14.4. The number of carbonyl (C=O) groups excluding carboxylic acids is 1. The maximum atomic E-state index is 13.2. The van der Waals surface area contributed by atoms with E-state index in [1.807, 2.05) is 0 Å². The molecule has 0 aliphatic heterocycles. The molecule has 148 valence electrons. The largest absolute Gasteiger partial charge is 0.299 e. The van der Waals surface area contributed by atoms with Gasteiger partial charge in [0.2, 0.25) is 0 Å². The number of hydrogen-bond donors (Lipinski definition) is 0. The second-order valence-electron chi connectivity index (χ2n) is 8.55. The molecule has 1 aliphatic carbocycles. The van der Waals surface area contributed by atoms with Gasteiger partial charge in [0.25, 0.3) is 0 Å². The van der Waals surface area contributed by atoms with E-state index in [4.69, 9.17) is 0 Å². The van der Waals surface area contributed by atoms with Crippen molar-refractivity contribution in [1.82, 2.24) is 0 Å². The van der Waals surface area contributed by atoms with Crippen molar-refractivity contribution < 1.29 is 4.79 Å². The van der Waals surface area contributed by atoms with Gasteiger partial charge < -0.3 is 0 Å². The lowest BCUT2D eigenvalue weighted by atomic mass is 9.81. The van der Waals surface area contributed by atoms with Gasteiger partial charge in [0.1, 0.15) is 5.78 Å². The predicted molar refractivity (Wildman–Crippen MR) is 111 cm³/mol. The van der Waals surface area contributed by atoms with Crippen molar-refractivity contribution in [2.45, 2.75) is 136 Å². The van der Waals surface area contributed by atoms with Gasteiger partial charge in [-0.2, -0.15) is 0 Å². The molecule has 0 aromatic heterocycles. The molecule has 0 N–H and O–H groups in total. The van der Waals surface area contributed by atoms with E-state index in [-0.39, 0.29) is 0 Å². The molecule has 1 heteroatoms. The van der Waals surface area contributed by atoms with Crippen LogP contribution in [0, 0.1) is 11.8 Å². The van der Waals surface area contributed by atoms with Crippen molar-refractivity contribution in [3.05, 3.63) is 0 Å². The topological polar surface area (TPSA) is 17.1 Å². The summed E-state index contributed by atoms with van der Waals surface area (Å²) in [5.41, 5.74) is 0. The third kappa shape index (κ3) is 11.1. The fourth-order valence-corrected chi connectivity index (χ4v) is 4.55. The summed E-state index contributed by atoms with van der Waals surface area (Å²) in [7, 11) is 0. The number of unbranched alkanes of at least 4 members (excludes halogenated alkanes) is 4. The number of rotatable bonds is 10. The Bertz CT molecular complexity index is 297. The first kappa shape index (κ1) is 22.7. The molecular weight excluding hydrogens is 304 g/mol. The van der Waals surface area contributed by atoms with Gasteiger partial charge in [0.15, 0.2) is 0 Å². The summed E-state index contributed by atoms with van der Waals surface area (Å²) >= 11 is 0. The lowest BCUT2D eigenvalue weighted by molar-refractivity contribution is -0.127. The number of carbonyl (C=O) groups is 1. The van der Waals surface area contributed by atoms with Gasteiger partial charge in [-0.3, -0.25) is 4.79 Å². The Hall–Kier alpha value is -0.330. The van der Waals surface area contributed by atoms with Gasteiger partial charge in [-0.1, -0.05) is 110 Å². The highest BCUT2D eigenvalue weighted by Gasteiger charge is 2.25. The van der Waals surface area contributed by atoms with Crippen LogP contribution < -0.4 is 0 Å². The van der Waals surface area contributed by atoms with E-state index in [2.05, 4.69) is 13.8 Å². The van der Waals surface area contributed by atoms with E-state index in [0.29, 0.717) is 17.6 Å². The minimum absolute atomic E-state index is 0.365. The summed E-state index contributed by atoms with van der Waals surface area (Å²) < 4.78 is 0. The summed E-state index contributed by atoms with van der Waals surface area (Å²) in [5, 5.41) is 0. The van der Waals surface area contributed by atoms with Gasteiger partial charge in [-0.05, 0) is 25.7 Å². The Morgan fingerprint density at radius 2 is 1.20 bits per heavy atom. The molecular formula is C24H46O. The molecule has 1 atom stereocenters. The zero-order chi connectivity index (χ0) is 18.2. The zero-order valence-electron chi connectivity index (χ0n) is 17.5. The summed E-state index contributed by atoms with van der Waals surface area (Å²) in [5.74, 6) is 1.39. The second-order valence-corrected chi connectivity index (χ2v) is 8.55. The van der Waals surface area contributed by atoms with Gasteiger partial charge in [0.05, 0.1) is 0 Å². The summed E-state index contributed by atoms with van der Waals surface area (Å²) in [6.45, 7) is 4.52. The fraction of sp³-hybridized carbons (Fsp3) is 0.958. The second kappa shape index (κ2) is 15.9. The molecule has 1 rings (SSSR count). The van der Waals surface area contributed by atoms with Crippen LogP contribution in [0.25, 0.3) is 0 Å². The van der Waals surface area contributed by atoms with Crippen molar-refractivity contribution in [1.29, 1.82) is 0 Å². The van der Waals surface area contributed by atoms with Gasteiger partial charge in [-0.15, -0.1) is 0 Å². The molecule has 0 saturated heterocycles. The van der Waals surface area contributed by atoms with Crippen LogP contribution >= 0.6 is 0 Å². The molecule has 0 radical (unpaired) electrons. The van der Waals surface area contributed by atoms with E-state index in [0.717, 1.165) is 19.3 Å². The molecule has 1 saturated carbocycles. The van der Waals surface area contributed by atoms with Gasteiger partial charge in [-0.25, -0.2) is 0 Å². The van der Waals surface area contributed by atoms with Crippen LogP contribution in [-0.2, 0) is 4.79 Å². The molecule has 25 heavy (non-hydrogen) atoms. The fourth-order valence-electron chi connectivity index (χ4n) is 4.55.